The smallest absolute Gasteiger partial charge is 0.324 e. The number of hydrogen-bond donors (Lipinski definition) is 0. The van der Waals surface area contributed by atoms with Crippen LogP contribution in [0.5, 0.6) is 0 Å². The monoisotopic (exact) mass is 474 g/mol. The van der Waals surface area contributed by atoms with Crippen molar-refractivity contribution in [2.75, 3.05) is 6.54 Å². The topological polar surface area (TPSA) is 107 Å². The van der Waals surface area contributed by atoms with E-state index in [-0.39, 0.29) is 23.8 Å². The fourth-order valence-corrected chi connectivity index (χ4v) is 5.90. The number of ether oxygens (including phenoxy) is 1. The summed E-state index contributed by atoms with van der Waals surface area (Å²) in [6, 6.07) is 10.3. The van der Waals surface area contributed by atoms with Crippen molar-refractivity contribution in [3.63, 3.8) is 0 Å². The first-order valence-corrected chi connectivity index (χ1v) is 12.5. The van der Waals surface area contributed by atoms with Crippen LogP contribution in [-0.2, 0) is 26.2 Å². The molecule has 0 radical (unpaired) electrons. The molecule has 32 heavy (non-hydrogen) atoms. The van der Waals surface area contributed by atoms with Gasteiger partial charge < -0.3 is 9.26 Å². The first-order valence-electron chi connectivity index (χ1n) is 10.2. The lowest BCUT2D eigenvalue weighted by Crippen LogP contribution is -2.48. The number of Topliss-reactive ketones (excluding diaryl/α,β-unsaturated/α-hetero) is 1. The van der Waals surface area contributed by atoms with E-state index in [1.807, 2.05) is 17.5 Å². The number of sulfonamides is 1. The molecule has 1 saturated heterocycles. The third-order valence-corrected chi connectivity index (χ3v) is 8.09. The quantitative estimate of drug-likeness (QED) is 0.378. The predicted molar refractivity (Wildman–Crippen MR) is 118 cm³/mol. The van der Waals surface area contributed by atoms with Crippen molar-refractivity contribution < 1.29 is 27.3 Å². The van der Waals surface area contributed by atoms with Crippen molar-refractivity contribution in [2.45, 2.75) is 43.7 Å². The Kier molecular flexibility index (Phi) is 6.54. The van der Waals surface area contributed by atoms with Crippen molar-refractivity contribution in [1.82, 2.24) is 9.46 Å². The van der Waals surface area contributed by atoms with Gasteiger partial charge >= 0.3 is 5.97 Å². The van der Waals surface area contributed by atoms with Gasteiger partial charge in [-0.15, -0.1) is 11.3 Å². The molecule has 168 valence electrons. The molecule has 1 fully saturated rings. The van der Waals surface area contributed by atoms with Crippen LogP contribution in [-0.4, -0.2) is 42.2 Å². The summed E-state index contributed by atoms with van der Waals surface area (Å²) in [6.07, 6.45) is 1.76. The Bertz CT molecular complexity index is 1200. The average molecular weight is 475 g/mol. The van der Waals surface area contributed by atoms with Crippen LogP contribution in [0.15, 0.2) is 57.3 Å². The lowest BCUT2D eigenvalue weighted by molar-refractivity contribution is -0.150. The summed E-state index contributed by atoms with van der Waals surface area (Å²) < 4.78 is 38.3. The molecule has 8 nitrogen and oxygen atoms in total. The highest BCUT2D eigenvalue weighted by Gasteiger charge is 2.38. The van der Waals surface area contributed by atoms with Gasteiger partial charge in [0.25, 0.3) is 0 Å². The van der Waals surface area contributed by atoms with Crippen LogP contribution in [0.25, 0.3) is 10.6 Å². The maximum Gasteiger partial charge on any atom is 0.324 e. The van der Waals surface area contributed by atoms with Gasteiger partial charge in [-0.1, -0.05) is 23.4 Å². The molecule has 1 aliphatic heterocycles. The first-order chi connectivity index (χ1) is 15.4. The van der Waals surface area contributed by atoms with E-state index in [9.17, 15) is 18.0 Å². The predicted octanol–water partition coefficient (Wildman–Crippen LogP) is 3.89. The van der Waals surface area contributed by atoms with Gasteiger partial charge in [0.2, 0.25) is 10.0 Å². The van der Waals surface area contributed by atoms with Gasteiger partial charge in [0.1, 0.15) is 18.3 Å². The summed E-state index contributed by atoms with van der Waals surface area (Å²) in [5.41, 5.74) is 0.875. The lowest BCUT2D eigenvalue weighted by Gasteiger charge is -2.33. The Hall–Kier alpha value is -2.82. The minimum Gasteiger partial charge on any atom is -0.458 e. The number of piperidine rings is 1. The molecule has 0 amide bonds. The van der Waals surface area contributed by atoms with Gasteiger partial charge in [-0.3, -0.25) is 9.59 Å². The highest BCUT2D eigenvalue weighted by molar-refractivity contribution is 7.89. The van der Waals surface area contributed by atoms with E-state index in [2.05, 4.69) is 5.16 Å². The Morgan fingerprint density at radius 3 is 2.69 bits per heavy atom. The number of aromatic nitrogens is 1. The number of carbonyl (C=O) groups is 2. The summed E-state index contributed by atoms with van der Waals surface area (Å²) in [5.74, 6) is -0.181. The number of thiophene rings is 1. The van der Waals surface area contributed by atoms with E-state index in [1.165, 1.54) is 46.8 Å². The van der Waals surface area contributed by atoms with E-state index in [1.54, 1.807) is 6.07 Å². The van der Waals surface area contributed by atoms with Gasteiger partial charge in [0, 0.05) is 18.2 Å². The van der Waals surface area contributed by atoms with Gasteiger partial charge in [-0.2, -0.15) is 4.31 Å². The largest absolute Gasteiger partial charge is 0.458 e. The maximum absolute atomic E-state index is 13.2. The molecule has 4 rings (SSSR count). The number of rotatable bonds is 7. The maximum atomic E-state index is 13.2. The van der Waals surface area contributed by atoms with Crippen LogP contribution in [0, 0.1) is 0 Å². The Labute approximate surface area is 189 Å². The van der Waals surface area contributed by atoms with E-state index < -0.39 is 22.0 Å². The van der Waals surface area contributed by atoms with Crippen molar-refractivity contribution in [2.24, 2.45) is 0 Å². The number of benzene rings is 1. The van der Waals surface area contributed by atoms with Crippen molar-refractivity contribution >= 4 is 33.1 Å². The SMILES string of the molecule is CC(=O)c1ccc(S(=O)(=O)N2CCCCC2C(=O)OCc2cc(-c3cccs3)on2)cc1. The number of esters is 1. The molecule has 0 bridgehead atoms. The third kappa shape index (κ3) is 4.67. The van der Waals surface area contributed by atoms with Crippen LogP contribution in [0.4, 0.5) is 0 Å². The van der Waals surface area contributed by atoms with E-state index in [0.717, 1.165) is 11.3 Å². The number of hydrogen-bond acceptors (Lipinski definition) is 8. The van der Waals surface area contributed by atoms with Crippen molar-refractivity contribution in [3.05, 3.63) is 59.1 Å². The molecule has 0 spiro atoms. The van der Waals surface area contributed by atoms with Gasteiger partial charge in [0.05, 0.1) is 9.77 Å². The molecule has 1 aliphatic rings. The molecule has 0 aliphatic carbocycles. The van der Waals surface area contributed by atoms with E-state index in [0.29, 0.717) is 29.9 Å². The molecule has 0 saturated carbocycles. The van der Waals surface area contributed by atoms with Gasteiger partial charge in [0.15, 0.2) is 11.5 Å². The Morgan fingerprint density at radius 1 is 1.22 bits per heavy atom. The second-order valence-corrected chi connectivity index (χ2v) is 10.3. The van der Waals surface area contributed by atoms with Crippen LogP contribution < -0.4 is 0 Å². The molecule has 1 unspecified atom stereocenters. The third-order valence-electron chi connectivity index (χ3n) is 5.28. The van der Waals surface area contributed by atoms with Crippen LogP contribution in [0.1, 0.15) is 42.2 Å². The van der Waals surface area contributed by atoms with Crippen LogP contribution >= 0.6 is 11.3 Å². The fourth-order valence-electron chi connectivity index (χ4n) is 3.58. The zero-order chi connectivity index (χ0) is 22.7. The summed E-state index contributed by atoms with van der Waals surface area (Å²) in [4.78, 5) is 25.2. The second-order valence-electron chi connectivity index (χ2n) is 7.48. The standard InChI is InChI=1S/C22H22N2O6S2/c1-15(25)16-7-9-18(10-8-16)32(27,28)24-11-3-2-5-19(24)22(26)29-14-17-13-20(30-23-17)21-6-4-12-31-21/h4,6-10,12-13,19H,2-3,5,11,14H2,1H3. The second kappa shape index (κ2) is 9.35. The molecule has 3 aromatic rings. The molecule has 1 aromatic carbocycles. The molecule has 3 heterocycles. The number of ketones is 1. The highest BCUT2D eigenvalue weighted by atomic mass is 32.2. The van der Waals surface area contributed by atoms with Gasteiger partial charge in [-0.05, 0) is 49.8 Å². The Morgan fingerprint density at radius 2 is 2.00 bits per heavy atom. The molecular formula is C22H22N2O6S2. The van der Waals surface area contributed by atoms with Crippen molar-refractivity contribution in [1.29, 1.82) is 0 Å². The van der Waals surface area contributed by atoms with Crippen LogP contribution in [0.3, 0.4) is 0 Å². The molecule has 2 aromatic heterocycles. The lowest BCUT2D eigenvalue weighted by atomic mass is 10.1. The summed E-state index contributed by atoms with van der Waals surface area (Å²) in [7, 11) is -3.92. The fraction of sp³-hybridized carbons (Fsp3) is 0.318. The summed E-state index contributed by atoms with van der Waals surface area (Å²) >= 11 is 1.51. The summed E-state index contributed by atoms with van der Waals surface area (Å²) in [6.45, 7) is 1.53. The number of nitrogens with zero attached hydrogens (tertiary/aromatic N) is 2. The minimum atomic E-state index is -3.92. The van der Waals surface area contributed by atoms with Gasteiger partial charge in [-0.25, -0.2) is 8.42 Å². The Balaban J connectivity index is 1.46. The molecule has 0 N–H and O–H groups in total. The number of carbonyl (C=O) groups excluding carboxylic acids is 2. The normalized spacial score (nSPS) is 17.2. The van der Waals surface area contributed by atoms with E-state index >= 15 is 0 Å². The highest BCUT2D eigenvalue weighted by Crippen LogP contribution is 2.28. The summed E-state index contributed by atoms with van der Waals surface area (Å²) in [5, 5.41) is 5.84. The minimum absolute atomic E-state index is 0.0410. The first kappa shape index (κ1) is 22.4. The molecular weight excluding hydrogens is 452 g/mol. The zero-order valence-electron chi connectivity index (χ0n) is 17.4. The van der Waals surface area contributed by atoms with E-state index in [4.69, 9.17) is 9.26 Å². The van der Waals surface area contributed by atoms with Crippen molar-refractivity contribution in [3.8, 4) is 10.6 Å². The van der Waals surface area contributed by atoms with Crippen LogP contribution in [0.2, 0.25) is 0 Å². The molecule has 1 atom stereocenters. The zero-order valence-corrected chi connectivity index (χ0v) is 19.0. The molecule has 10 heteroatoms. The average Bonchev–Trinajstić information content (AvgIpc) is 3.49.